The zero-order valence-electron chi connectivity index (χ0n) is 18.6. The van der Waals surface area contributed by atoms with Crippen molar-refractivity contribution in [3.63, 3.8) is 0 Å². The summed E-state index contributed by atoms with van der Waals surface area (Å²) in [6.45, 7) is 3.03. The van der Waals surface area contributed by atoms with Crippen LogP contribution in [0.2, 0.25) is 5.02 Å². The van der Waals surface area contributed by atoms with Gasteiger partial charge in [-0.1, -0.05) is 35.9 Å². The summed E-state index contributed by atoms with van der Waals surface area (Å²) in [5.41, 5.74) is 3.26. The summed E-state index contributed by atoms with van der Waals surface area (Å²) in [6.07, 6.45) is 4.91. The number of nitrogens with zero attached hydrogens (tertiary/aromatic N) is 1. The Kier molecular flexibility index (Phi) is 6.40. The van der Waals surface area contributed by atoms with E-state index in [9.17, 15) is 8.78 Å². The van der Waals surface area contributed by atoms with E-state index in [-0.39, 0.29) is 23.2 Å². The molecule has 0 unspecified atom stereocenters. The number of likely N-dealkylation sites (tertiary alicyclic amines) is 1. The van der Waals surface area contributed by atoms with Crippen molar-refractivity contribution in [3.8, 4) is 5.75 Å². The van der Waals surface area contributed by atoms with Crippen LogP contribution in [0.1, 0.15) is 48.3 Å². The van der Waals surface area contributed by atoms with Crippen LogP contribution in [0.5, 0.6) is 5.75 Å². The topological polar surface area (TPSA) is 12.5 Å². The van der Waals surface area contributed by atoms with Crippen LogP contribution < -0.4 is 4.74 Å². The molecule has 0 atom stereocenters. The third-order valence-electron chi connectivity index (χ3n) is 7.14. The molecule has 3 aromatic carbocycles. The molecule has 2 aliphatic rings. The van der Waals surface area contributed by atoms with E-state index in [0.717, 1.165) is 73.6 Å². The Hall–Kier alpha value is -2.43. The number of halogens is 3. The van der Waals surface area contributed by atoms with Gasteiger partial charge in [-0.25, -0.2) is 8.78 Å². The summed E-state index contributed by atoms with van der Waals surface area (Å²) < 4.78 is 33.3. The van der Waals surface area contributed by atoms with Gasteiger partial charge in [-0.3, -0.25) is 0 Å². The van der Waals surface area contributed by atoms with Crippen molar-refractivity contribution in [1.29, 1.82) is 0 Å². The predicted molar refractivity (Wildman–Crippen MR) is 128 cm³/mol. The maximum absolute atomic E-state index is 13.5. The Bertz CT molecular complexity index is 1050. The SMILES string of the molecule is Fc1ccc(C(CCCN2CCC3(CC2)Cc2cc(Cl)ccc2O3)c2ccc(F)cc2)cc1. The highest BCUT2D eigenvalue weighted by atomic mass is 35.5. The minimum absolute atomic E-state index is 0.0890. The van der Waals surface area contributed by atoms with Crippen molar-refractivity contribution in [2.24, 2.45) is 0 Å². The largest absolute Gasteiger partial charge is 0.487 e. The van der Waals surface area contributed by atoms with E-state index in [1.807, 2.05) is 42.5 Å². The van der Waals surface area contributed by atoms with Crippen molar-refractivity contribution in [2.45, 2.75) is 43.6 Å². The van der Waals surface area contributed by atoms with Crippen LogP contribution in [0, 0.1) is 11.6 Å². The summed E-state index contributed by atoms with van der Waals surface area (Å²) in [5.74, 6) is 0.629. The maximum Gasteiger partial charge on any atom is 0.123 e. The van der Waals surface area contributed by atoms with Gasteiger partial charge in [0.25, 0.3) is 0 Å². The molecule has 2 nitrogen and oxygen atoms in total. The molecule has 0 aromatic heterocycles. The second-order valence-electron chi connectivity index (χ2n) is 9.35. The van der Waals surface area contributed by atoms with Crippen molar-refractivity contribution in [3.05, 3.63) is 100 Å². The van der Waals surface area contributed by atoms with Gasteiger partial charge in [-0.2, -0.15) is 0 Å². The van der Waals surface area contributed by atoms with E-state index in [0.29, 0.717) is 0 Å². The van der Waals surface area contributed by atoms with Crippen LogP contribution in [0.3, 0.4) is 0 Å². The number of fused-ring (bicyclic) bond motifs is 1. The zero-order chi connectivity index (χ0) is 22.8. The normalized spacial score (nSPS) is 17.3. The summed E-state index contributed by atoms with van der Waals surface area (Å²) >= 11 is 6.16. The Labute approximate surface area is 199 Å². The molecule has 0 saturated carbocycles. The van der Waals surface area contributed by atoms with E-state index in [1.54, 1.807) is 0 Å². The first-order valence-corrected chi connectivity index (χ1v) is 12.1. The predicted octanol–water partition coefficient (Wildman–Crippen LogP) is 7.00. The molecule has 33 heavy (non-hydrogen) atoms. The highest BCUT2D eigenvalue weighted by Gasteiger charge is 2.41. The number of benzene rings is 3. The Balaban J connectivity index is 1.18. The van der Waals surface area contributed by atoms with Crippen LogP contribution in [0.4, 0.5) is 8.78 Å². The van der Waals surface area contributed by atoms with Crippen LogP contribution in [0.15, 0.2) is 66.7 Å². The molecule has 1 fully saturated rings. The average molecular weight is 468 g/mol. The van der Waals surface area contributed by atoms with Crippen LogP contribution in [0.25, 0.3) is 0 Å². The van der Waals surface area contributed by atoms with Gasteiger partial charge in [-0.15, -0.1) is 0 Å². The van der Waals surface area contributed by atoms with Gasteiger partial charge in [-0.05, 0) is 78.5 Å². The molecule has 1 spiro atoms. The number of hydrogen-bond donors (Lipinski definition) is 0. The summed E-state index contributed by atoms with van der Waals surface area (Å²) in [4.78, 5) is 2.51. The first-order chi connectivity index (χ1) is 16.0. The molecule has 5 heteroatoms. The van der Waals surface area contributed by atoms with Gasteiger partial charge in [0.1, 0.15) is 23.0 Å². The van der Waals surface area contributed by atoms with Crippen molar-refractivity contribution >= 4 is 11.6 Å². The zero-order valence-corrected chi connectivity index (χ0v) is 19.3. The molecule has 0 bridgehead atoms. The molecule has 0 aliphatic carbocycles. The Morgan fingerprint density at radius 2 is 1.48 bits per heavy atom. The fraction of sp³-hybridized carbons (Fsp3) is 0.357. The second kappa shape index (κ2) is 9.44. The lowest BCUT2D eigenvalue weighted by atomic mass is 9.86. The van der Waals surface area contributed by atoms with E-state index >= 15 is 0 Å². The third kappa shape index (κ3) is 5.07. The fourth-order valence-corrected chi connectivity index (χ4v) is 5.49. The van der Waals surface area contributed by atoms with Gasteiger partial charge in [0.15, 0.2) is 0 Å². The molecule has 0 amide bonds. The van der Waals surface area contributed by atoms with Gasteiger partial charge in [0.2, 0.25) is 0 Å². The quantitative estimate of drug-likeness (QED) is 0.387. The lowest BCUT2D eigenvalue weighted by Crippen LogP contribution is -2.47. The fourth-order valence-electron chi connectivity index (χ4n) is 5.30. The maximum atomic E-state index is 13.5. The minimum atomic E-state index is -0.239. The van der Waals surface area contributed by atoms with Gasteiger partial charge >= 0.3 is 0 Å². The molecule has 3 aromatic rings. The van der Waals surface area contributed by atoms with Crippen molar-refractivity contribution in [1.82, 2.24) is 4.90 Å². The third-order valence-corrected chi connectivity index (χ3v) is 7.38. The van der Waals surface area contributed by atoms with Crippen LogP contribution >= 0.6 is 11.6 Å². The van der Waals surface area contributed by atoms with Crippen molar-refractivity contribution < 1.29 is 13.5 Å². The monoisotopic (exact) mass is 467 g/mol. The molecule has 172 valence electrons. The molecule has 5 rings (SSSR count). The number of hydrogen-bond acceptors (Lipinski definition) is 2. The molecule has 1 saturated heterocycles. The average Bonchev–Trinajstić information content (AvgIpc) is 3.16. The number of ether oxygens (including phenoxy) is 1. The lowest BCUT2D eigenvalue weighted by Gasteiger charge is -2.38. The first kappa shape index (κ1) is 22.4. The minimum Gasteiger partial charge on any atom is -0.487 e. The van der Waals surface area contributed by atoms with Crippen molar-refractivity contribution in [2.75, 3.05) is 19.6 Å². The number of rotatable bonds is 6. The lowest BCUT2D eigenvalue weighted by molar-refractivity contribution is 0.0190. The molecular formula is C28H28ClF2NO. The Morgan fingerprint density at radius 1 is 0.879 bits per heavy atom. The van der Waals surface area contributed by atoms with E-state index in [4.69, 9.17) is 16.3 Å². The summed E-state index contributed by atoms with van der Waals surface area (Å²) in [7, 11) is 0. The highest BCUT2D eigenvalue weighted by Crippen LogP contribution is 2.42. The highest BCUT2D eigenvalue weighted by molar-refractivity contribution is 6.30. The Morgan fingerprint density at radius 3 is 2.09 bits per heavy atom. The second-order valence-corrected chi connectivity index (χ2v) is 9.79. The molecule has 2 aliphatic heterocycles. The summed E-state index contributed by atoms with van der Waals surface area (Å²) in [5, 5.41) is 0.767. The smallest absolute Gasteiger partial charge is 0.123 e. The van der Waals surface area contributed by atoms with Gasteiger partial charge < -0.3 is 9.64 Å². The molecule has 0 radical (unpaired) electrons. The molecule has 0 N–H and O–H groups in total. The standard InChI is InChI=1S/C28H28ClF2NO/c29-23-7-12-27-22(18-23)19-28(33-27)13-16-32(17-14-28)15-1-2-26(20-3-8-24(30)9-4-20)21-5-10-25(31)11-6-21/h3-12,18,26H,1-2,13-17,19H2. The van der Waals surface area contributed by atoms with E-state index in [2.05, 4.69) is 4.90 Å². The summed E-state index contributed by atoms with van der Waals surface area (Å²) in [6, 6.07) is 19.3. The van der Waals surface area contributed by atoms with Gasteiger partial charge in [0, 0.05) is 43.3 Å². The van der Waals surface area contributed by atoms with Gasteiger partial charge in [0.05, 0.1) is 0 Å². The molecular weight excluding hydrogens is 440 g/mol. The van der Waals surface area contributed by atoms with Crippen LogP contribution in [-0.4, -0.2) is 30.1 Å². The van der Waals surface area contributed by atoms with E-state index in [1.165, 1.54) is 29.8 Å². The number of piperidine rings is 1. The van der Waals surface area contributed by atoms with E-state index < -0.39 is 0 Å². The molecule has 2 heterocycles. The first-order valence-electron chi connectivity index (χ1n) is 11.7. The van der Waals surface area contributed by atoms with Crippen LogP contribution in [-0.2, 0) is 6.42 Å².